The summed E-state index contributed by atoms with van der Waals surface area (Å²) in [6.45, 7) is 0. The fraction of sp³-hybridized carbons (Fsp3) is 0.125. The molecule has 0 spiro atoms. The van der Waals surface area contributed by atoms with Crippen LogP contribution in [0.1, 0.15) is 11.1 Å². The minimum absolute atomic E-state index is 0.152. The Kier molecular flexibility index (Phi) is 4.60. The number of carboxylic acids is 2. The lowest BCUT2D eigenvalue weighted by molar-refractivity contribution is -0.137. The predicted molar refractivity (Wildman–Crippen MR) is 79.6 cm³/mol. The number of carbonyl (C=O) groups is 2. The zero-order valence-corrected chi connectivity index (χ0v) is 11.8. The van der Waals surface area contributed by atoms with E-state index in [4.69, 9.17) is 21.8 Å². The summed E-state index contributed by atoms with van der Waals surface area (Å²) >= 11 is 5.95. The van der Waals surface area contributed by atoms with Crippen molar-refractivity contribution in [1.82, 2.24) is 0 Å². The van der Waals surface area contributed by atoms with Gasteiger partial charge in [0.25, 0.3) is 0 Å². The minimum Gasteiger partial charge on any atom is -0.481 e. The first-order chi connectivity index (χ1) is 9.94. The third-order valence-electron chi connectivity index (χ3n) is 2.92. The SMILES string of the molecule is O=C(O)Cc1cc(CC(=O)O)cc(-c2cccc(Cl)c2)c1. The highest BCUT2D eigenvalue weighted by atomic mass is 35.5. The van der Waals surface area contributed by atoms with Gasteiger partial charge in [0.15, 0.2) is 0 Å². The summed E-state index contributed by atoms with van der Waals surface area (Å²) in [6, 6.07) is 12.2. The summed E-state index contributed by atoms with van der Waals surface area (Å²) in [4.78, 5) is 21.7. The highest BCUT2D eigenvalue weighted by Gasteiger charge is 2.09. The number of hydrogen-bond donors (Lipinski definition) is 2. The molecule has 0 aromatic heterocycles. The van der Waals surface area contributed by atoms with Crippen molar-refractivity contribution in [1.29, 1.82) is 0 Å². The largest absolute Gasteiger partial charge is 0.481 e. The van der Waals surface area contributed by atoms with Crippen LogP contribution in [-0.2, 0) is 22.4 Å². The summed E-state index contributed by atoms with van der Waals surface area (Å²) in [6.07, 6.45) is -0.304. The average molecular weight is 305 g/mol. The summed E-state index contributed by atoms with van der Waals surface area (Å²) < 4.78 is 0. The molecular weight excluding hydrogens is 292 g/mol. The van der Waals surface area contributed by atoms with Crippen LogP contribution in [0.2, 0.25) is 5.02 Å². The topological polar surface area (TPSA) is 74.6 Å². The maximum Gasteiger partial charge on any atom is 0.307 e. The molecule has 0 unspecified atom stereocenters. The molecule has 2 N–H and O–H groups in total. The predicted octanol–water partition coefficient (Wildman–Crippen LogP) is 3.26. The van der Waals surface area contributed by atoms with Gasteiger partial charge >= 0.3 is 11.9 Å². The van der Waals surface area contributed by atoms with E-state index in [0.29, 0.717) is 16.1 Å². The molecule has 0 amide bonds. The van der Waals surface area contributed by atoms with Crippen molar-refractivity contribution in [3.05, 3.63) is 58.6 Å². The molecule has 4 nitrogen and oxygen atoms in total. The monoisotopic (exact) mass is 304 g/mol. The van der Waals surface area contributed by atoms with Gasteiger partial charge in [0.05, 0.1) is 12.8 Å². The second-order valence-corrected chi connectivity index (χ2v) is 5.13. The van der Waals surface area contributed by atoms with Gasteiger partial charge in [0.1, 0.15) is 0 Å². The van der Waals surface area contributed by atoms with E-state index >= 15 is 0 Å². The molecule has 108 valence electrons. The van der Waals surface area contributed by atoms with E-state index in [0.717, 1.165) is 11.1 Å². The Balaban J connectivity index is 2.48. The van der Waals surface area contributed by atoms with Gasteiger partial charge in [0, 0.05) is 5.02 Å². The van der Waals surface area contributed by atoms with Crippen LogP contribution >= 0.6 is 11.6 Å². The number of aliphatic carboxylic acids is 2. The lowest BCUT2D eigenvalue weighted by Gasteiger charge is -2.08. The van der Waals surface area contributed by atoms with E-state index < -0.39 is 11.9 Å². The van der Waals surface area contributed by atoms with Crippen molar-refractivity contribution in [2.75, 3.05) is 0 Å². The van der Waals surface area contributed by atoms with Crippen LogP contribution in [0.25, 0.3) is 11.1 Å². The quantitative estimate of drug-likeness (QED) is 0.889. The molecule has 0 radical (unpaired) electrons. The van der Waals surface area contributed by atoms with Crippen molar-refractivity contribution in [3.63, 3.8) is 0 Å². The van der Waals surface area contributed by atoms with Crippen LogP contribution < -0.4 is 0 Å². The normalized spacial score (nSPS) is 10.3. The smallest absolute Gasteiger partial charge is 0.307 e. The Morgan fingerprint density at radius 2 is 1.43 bits per heavy atom. The molecule has 0 bridgehead atoms. The van der Waals surface area contributed by atoms with Crippen LogP contribution in [-0.4, -0.2) is 22.2 Å². The summed E-state index contributed by atoms with van der Waals surface area (Å²) in [7, 11) is 0. The van der Waals surface area contributed by atoms with E-state index in [9.17, 15) is 9.59 Å². The van der Waals surface area contributed by atoms with Crippen molar-refractivity contribution >= 4 is 23.5 Å². The molecule has 0 heterocycles. The Bertz CT molecular complexity index is 660. The standard InChI is InChI=1S/C16H13ClO4/c17-14-3-1-2-12(9-14)13-5-10(7-15(18)19)4-11(6-13)8-16(20)21/h1-6,9H,7-8H2,(H,18,19)(H,20,21). The minimum atomic E-state index is -0.959. The molecule has 0 saturated carbocycles. The van der Waals surface area contributed by atoms with Crippen LogP contribution in [0.3, 0.4) is 0 Å². The maximum atomic E-state index is 10.9. The van der Waals surface area contributed by atoms with Gasteiger partial charge in [-0.05, 0) is 34.4 Å². The lowest BCUT2D eigenvalue weighted by atomic mass is 9.97. The number of rotatable bonds is 5. The Morgan fingerprint density at radius 1 is 0.857 bits per heavy atom. The molecule has 2 aromatic carbocycles. The summed E-state index contributed by atoms with van der Waals surface area (Å²) in [5.74, 6) is -1.92. The zero-order valence-electron chi connectivity index (χ0n) is 11.0. The van der Waals surface area contributed by atoms with Crippen molar-refractivity contribution in [2.24, 2.45) is 0 Å². The van der Waals surface area contributed by atoms with Crippen molar-refractivity contribution < 1.29 is 19.8 Å². The van der Waals surface area contributed by atoms with Crippen LogP contribution in [0, 0.1) is 0 Å². The first kappa shape index (κ1) is 15.1. The summed E-state index contributed by atoms with van der Waals surface area (Å²) in [5.41, 5.74) is 2.71. The molecule has 2 aromatic rings. The second-order valence-electron chi connectivity index (χ2n) is 4.69. The molecular formula is C16H13ClO4. The van der Waals surface area contributed by atoms with Gasteiger partial charge in [-0.2, -0.15) is 0 Å². The Morgan fingerprint density at radius 3 is 1.90 bits per heavy atom. The molecule has 0 aliphatic carbocycles. The number of hydrogen-bond acceptors (Lipinski definition) is 2. The van der Waals surface area contributed by atoms with E-state index in [2.05, 4.69) is 0 Å². The van der Waals surface area contributed by atoms with E-state index in [-0.39, 0.29) is 12.8 Å². The Hall–Kier alpha value is -2.33. The highest BCUT2D eigenvalue weighted by molar-refractivity contribution is 6.30. The molecule has 0 saturated heterocycles. The molecule has 0 aliphatic rings. The molecule has 5 heteroatoms. The molecule has 21 heavy (non-hydrogen) atoms. The summed E-state index contributed by atoms with van der Waals surface area (Å²) in [5, 5.41) is 18.4. The van der Waals surface area contributed by atoms with Gasteiger partial charge in [0.2, 0.25) is 0 Å². The van der Waals surface area contributed by atoms with Gasteiger partial charge in [-0.3, -0.25) is 9.59 Å². The molecule has 0 atom stereocenters. The van der Waals surface area contributed by atoms with Crippen molar-refractivity contribution in [2.45, 2.75) is 12.8 Å². The van der Waals surface area contributed by atoms with Crippen molar-refractivity contribution in [3.8, 4) is 11.1 Å². The maximum absolute atomic E-state index is 10.9. The van der Waals surface area contributed by atoms with Gasteiger partial charge in [-0.25, -0.2) is 0 Å². The first-order valence-corrected chi connectivity index (χ1v) is 6.64. The van der Waals surface area contributed by atoms with E-state index in [1.807, 2.05) is 6.07 Å². The Labute approximate surface area is 126 Å². The molecule has 0 aliphatic heterocycles. The van der Waals surface area contributed by atoms with Gasteiger partial charge in [-0.1, -0.05) is 41.9 Å². The fourth-order valence-electron chi connectivity index (χ4n) is 2.15. The third kappa shape index (κ3) is 4.33. The first-order valence-electron chi connectivity index (χ1n) is 6.26. The molecule has 2 rings (SSSR count). The van der Waals surface area contributed by atoms with Crippen LogP contribution in [0.4, 0.5) is 0 Å². The third-order valence-corrected chi connectivity index (χ3v) is 3.16. The van der Waals surface area contributed by atoms with Gasteiger partial charge in [-0.15, -0.1) is 0 Å². The van der Waals surface area contributed by atoms with E-state index in [1.165, 1.54) is 0 Å². The number of benzene rings is 2. The number of carboxylic acid groups (broad SMARTS) is 2. The average Bonchev–Trinajstić information content (AvgIpc) is 2.36. The fourth-order valence-corrected chi connectivity index (χ4v) is 2.34. The van der Waals surface area contributed by atoms with Crippen LogP contribution in [0.5, 0.6) is 0 Å². The van der Waals surface area contributed by atoms with Gasteiger partial charge < -0.3 is 10.2 Å². The van der Waals surface area contributed by atoms with E-state index in [1.54, 1.807) is 36.4 Å². The number of halogens is 1. The zero-order chi connectivity index (χ0) is 15.4. The van der Waals surface area contributed by atoms with Crippen LogP contribution in [0.15, 0.2) is 42.5 Å². The highest BCUT2D eigenvalue weighted by Crippen LogP contribution is 2.25. The second kappa shape index (κ2) is 6.41. The lowest BCUT2D eigenvalue weighted by Crippen LogP contribution is -2.04. The molecule has 0 fully saturated rings.